The maximum absolute atomic E-state index is 12.4. The third-order valence-corrected chi connectivity index (χ3v) is 3.15. The summed E-state index contributed by atoms with van der Waals surface area (Å²) in [5, 5.41) is 8.74. The summed E-state index contributed by atoms with van der Waals surface area (Å²) >= 11 is 0. The Morgan fingerprint density at radius 1 is 1.30 bits per heavy atom. The lowest BCUT2D eigenvalue weighted by Crippen LogP contribution is -2.30. The molecule has 1 amide bonds. The fourth-order valence-electron chi connectivity index (χ4n) is 1.81. The zero-order chi connectivity index (χ0) is 15.3. The van der Waals surface area contributed by atoms with Gasteiger partial charge in [0.05, 0.1) is 12.2 Å². The van der Waals surface area contributed by atoms with Crippen molar-refractivity contribution in [2.45, 2.75) is 25.4 Å². The fourth-order valence-corrected chi connectivity index (χ4v) is 1.81. The van der Waals surface area contributed by atoms with Gasteiger partial charge in [0.1, 0.15) is 0 Å². The van der Waals surface area contributed by atoms with Gasteiger partial charge in [0, 0.05) is 20.0 Å². The largest absolute Gasteiger partial charge is 0.416 e. The zero-order valence-corrected chi connectivity index (χ0v) is 11.4. The van der Waals surface area contributed by atoms with Crippen molar-refractivity contribution in [3.63, 3.8) is 0 Å². The van der Waals surface area contributed by atoms with Crippen LogP contribution in [0.2, 0.25) is 0 Å². The van der Waals surface area contributed by atoms with Gasteiger partial charge in [-0.2, -0.15) is 13.2 Å². The number of alkyl halides is 3. The van der Waals surface area contributed by atoms with E-state index in [-0.39, 0.29) is 31.4 Å². The van der Waals surface area contributed by atoms with Crippen LogP contribution in [0.15, 0.2) is 24.3 Å². The molecule has 20 heavy (non-hydrogen) atoms. The van der Waals surface area contributed by atoms with Crippen LogP contribution in [0.25, 0.3) is 0 Å². The van der Waals surface area contributed by atoms with Crippen LogP contribution in [0.1, 0.15) is 30.4 Å². The fraction of sp³-hybridized carbons (Fsp3) is 0.500. The van der Waals surface area contributed by atoms with Crippen LogP contribution < -0.4 is 0 Å². The minimum Gasteiger partial charge on any atom is -0.395 e. The van der Waals surface area contributed by atoms with E-state index in [1.807, 2.05) is 0 Å². The third-order valence-electron chi connectivity index (χ3n) is 3.15. The van der Waals surface area contributed by atoms with Crippen LogP contribution in [-0.2, 0) is 11.0 Å². The Morgan fingerprint density at radius 3 is 2.30 bits per heavy atom. The maximum Gasteiger partial charge on any atom is 0.416 e. The minimum absolute atomic E-state index is 0.114. The van der Waals surface area contributed by atoms with E-state index in [2.05, 4.69) is 0 Å². The summed E-state index contributed by atoms with van der Waals surface area (Å²) in [6.45, 7) is 1.92. The molecule has 1 atom stereocenters. The number of hydrogen-bond donors (Lipinski definition) is 1. The summed E-state index contributed by atoms with van der Waals surface area (Å²) < 4.78 is 37.3. The molecule has 0 bridgehead atoms. The van der Waals surface area contributed by atoms with Gasteiger partial charge in [-0.3, -0.25) is 4.79 Å². The molecule has 0 aromatic heterocycles. The molecular weight excluding hydrogens is 271 g/mol. The molecule has 0 saturated heterocycles. The smallest absolute Gasteiger partial charge is 0.395 e. The first-order chi connectivity index (χ1) is 9.25. The summed E-state index contributed by atoms with van der Waals surface area (Å²) in [6.07, 6.45) is -4.15. The predicted octanol–water partition coefficient (Wildman–Crippen LogP) is 2.65. The van der Waals surface area contributed by atoms with Crippen molar-refractivity contribution >= 4 is 5.91 Å². The van der Waals surface area contributed by atoms with Crippen molar-refractivity contribution in [2.75, 3.05) is 20.2 Å². The first kappa shape index (κ1) is 16.5. The van der Waals surface area contributed by atoms with Gasteiger partial charge in [-0.05, 0) is 23.6 Å². The first-order valence-corrected chi connectivity index (χ1v) is 6.27. The summed E-state index contributed by atoms with van der Waals surface area (Å²) in [7, 11) is 1.58. The van der Waals surface area contributed by atoms with Crippen LogP contribution in [0.3, 0.4) is 0 Å². The van der Waals surface area contributed by atoms with Crippen molar-refractivity contribution in [1.82, 2.24) is 4.90 Å². The minimum atomic E-state index is -4.35. The van der Waals surface area contributed by atoms with Crippen LogP contribution >= 0.6 is 0 Å². The lowest BCUT2D eigenvalue weighted by molar-refractivity contribution is -0.137. The van der Waals surface area contributed by atoms with Crippen molar-refractivity contribution < 1.29 is 23.1 Å². The van der Waals surface area contributed by atoms with E-state index in [9.17, 15) is 18.0 Å². The number of aliphatic hydroxyl groups is 1. The van der Waals surface area contributed by atoms with Gasteiger partial charge in [0.25, 0.3) is 0 Å². The van der Waals surface area contributed by atoms with Gasteiger partial charge in [-0.15, -0.1) is 0 Å². The Bertz CT molecular complexity index is 443. The van der Waals surface area contributed by atoms with Gasteiger partial charge in [0.2, 0.25) is 5.91 Å². The molecule has 3 nitrogen and oxygen atoms in total. The first-order valence-electron chi connectivity index (χ1n) is 6.27. The Labute approximate surface area is 116 Å². The molecule has 1 unspecified atom stereocenters. The summed E-state index contributed by atoms with van der Waals surface area (Å²) in [5.74, 6) is -0.322. The highest BCUT2D eigenvalue weighted by molar-refractivity contribution is 5.76. The molecule has 0 fully saturated rings. The van der Waals surface area contributed by atoms with Crippen LogP contribution in [-0.4, -0.2) is 36.1 Å². The highest BCUT2D eigenvalue weighted by Gasteiger charge is 2.30. The van der Waals surface area contributed by atoms with Crippen molar-refractivity contribution in [2.24, 2.45) is 0 Å². The maximum atomic E-state index is 12.4. The topological polar surface area (TPSA) is 40.5 Å². The Morgan fingerprint density at radius 2 is 1.85 bits per heavy atom. The second kappa shape index (κ2) is 6.74. The number of benzene rings is 1. The standard InChI is InChI=1S/C14H18F3NO2/c1-10(9-13(20)18(2)7-8-19)11-3-5-12(6-4-11)14(15,16)17/h3-6,10,19H,7-9H2,1-2H3. The van der Waals surface area contributed by atoms with Gasteiger partial charge >= 0.3 is 6.18 Å². The van der Waals surface area contributed by atoms with Gasteiger partial charge < -0.3 is 10.0 Å². The van der Waals surface area contributed by atoms with Crippen molar-refractivity contribution in [3.05, 3.63) is 35.4 Å². The lowest BCUT2D eigenvalue weighted by Gasteiger charge is -2.19. The molecule has 1 N–H and O–H groups in total. The average Bonchev–Trinajstić information content (AvgIpc) is 2.38. The number of carbonyl (C=O) groups excluding carboxylic acids is 1. The number of amides is 1. The molecule has 0 aliphatic rings. The molecule has 0 aliphatic heterocycles. The molecule has 6 heteroatoms. The molecule has 0 aliphatic carbocycles. The van der Waals surface area contributed by atoms with E-state index in [0.29, 0.717) is 5.56 Å². The molecule has 0 saturated carbocycles. The number of rotatable bonds is 5. The van der Waals surface area contributed by atoms with E-state index in [0.717, 1.165) is 12.1 Å². The lowest BCUT2D eigenvalue weighted by atomic mass is 9.96. The monoisotopic (exact) mass is 289 g/mol. The van der Waals surface area contributed by atoms with Crippen LogP contribution in [0, 0.1) is 0 Å². The molecule has 0 spiro atoms. The SMILES string of the molecule is CC(CC(=O)N(C)CCO)c1ccc(C(F)(F)F)cc1. The second-order valence-electron chi connectivity index (χ2n) is 4.76. The van der Waals surface area contributed by atoms with Crippen molar-refractivity contribution in [1.29, 1.82) is 0 Å². The molecule has 1 rings (SSSR count). The normalized spacial score (nSPS) is 13.1. The van der Waals surface area contributed by atoms with E-state index in [4.69, 9.17) is 5.11 Å². The molecule has 1 aromatic rings. The average molecular weight is 289 g/mol. The van der Waals surface area contributed by atoms with E-state index in [1.165, 1.54) is 17.0 Å². The van der Waals surface area contributed by atoms with E-state index >= 15 is 0 Å². The number of nitrogens with zero attached hydrogens (tertiary/aromatic N) is 1. The molecule has 1 aromatic carbocycles. The highest BCUT2D eigenvalue weighted by Crippen LogP contribution is 2.30. The van der Waals surface area contributed by atoms with E-state index in [1.54, 1.807) is 14.0 Å². The summed E-state index contributed by atoms with van der Waals surface area (Å²) in [6, 6.07) is 4.83. The predicted molar refractivity (Wildman–Crippen MR) is 69.2 cm³/mol. The number of hydrogen-bond acceptors (Lipinski definition) is 2. The number of aliphatic hydroxyl groups excluding tert-OH is 1. The van der Waals surface area contributed by atoms with Gasteiger partial charge in [-0.25, -0.2) is 0 Å². The number of carbonyl (C=O) groups is 1. The third kappa shape index (κ3) is 4.52. The summed E-state index contributed by atoms with van der Waals surface area (Å²) in [5.41, 5.74) is -0.0130. The quantitative estimate of drug-likeness (QED) is 0.905. The Kier molecular flexibility index (Phi) is 5.56. The van der Waals surface area contributed by atoms with Gasteiger partial charge in [0.15, 0.2) is 0 Å². The zero-order valence-electron chi connectivity index (χ0n) is 11.4. The summed E-state index contributed by atoms with van der Waals surface area (Å²) in [4.78, 5) is 13.2. The Balaban J connectivity index is 2.69. The second-order valence-corrected chi connectivity index (χ2v) is 4.76. The van der Waals surface area contributed by atoms with Crippen molar-refractivity contribution in [3.8, 4) is 0 Å². The van der Waals surface area contributed by atoms with Crippen LogP contribution in [0.5, 0.6) is 0 Å². The molecule has 0 heterocycles. The number of halogens is 3. The Hall–Kier alpha value is -1.56. The van der Waals surface area contributed by atoms with Crippen LogP contribution in [0.4, 0.5) is 13.2 Å². The van der Waals surface area contributed by atoms with Gasteiger partial charge in [-0.1, -0.05) is 19.1 Å². The molecule has 0 radical (unpaired) electrons. The highest BCUT2D eigenvalue weighted by atomic mass is 19.4. The number of likely N-dealkylation sites (N-methyl/N-ethyl adjacent to an activating group) is 1. The molecular formula is C14H18F3NO2. The van der Waals surface area contributed by atoms with E-state index < -0.39 is 11.7 Å². The molecule has 112 valence electrons.